The van der Waals surface area contributed by atoms with Gasteiger partial charge in [-0.2, -0.15) is 0 Å². The van der Waals surface area contributed by atoms with Gasteiger partial charge in [-0.15, -0.1) is 0 Å². The standard InChI is InChI=1S/C14H29NO3/c1-12(17-9-7-14(2,3)16-4)10-15-11-13-6-5-8-18-13/h12-13,15H,5-11H2,1-4H3. The topological polar surface area (TPSA) is 39.7 Å². The van der Waals surface area contributed by atoms with Gasteiger partial charge in [-0.3, -0.25) is 0 Å². The molecule has 0 bridgehead atoms. The van der Waals surface area contributed by atoms with Gasteiger partial charge in [0.25, 0.3) is 0 Å². The van der Waals surface area contributed by atoms with Gasteiger partial charge in [-0.25, -0.2) is 0 Å². The zero-order valence-corrected chi connectivity index (χ0v) is 12.3. The van der Waals surface area contributed by atoms with E-state index in [9.17, 15) is 0 Å². The van der Waals surface area contributed by atoms with Crippen LogP contribution in [-0.4, -0.2) is 51.2 Å². The Bertz CT molecular complexity index is 215. The Labute approximate surface area is 111 Å². The smallest absolute Gasteiger partial charge is 0.0700 e. The van der Waals surface area contributed by atoms with Crippen LogP contribution >= 0.6 is 0 Å². The number of rotatable bonds is 9. The van der Waals surface area contributed by atoms with Gasteiger partial charge in [0.2, 0.25) is 0 Å². The van der Waals surface area contributed by atoms with Crippen molar-refractivity contribution in [1.82, 2.24) is 5.32 Å². The van der Waals surface area contributed by atoms with E-state index in [0.717, 1.165) is 32.7 Å². The molecule has 1 aliphatic heterocycles. The molecule has 1 heterocycles. The van der Waals surface area contributed by atoms with Crippen molar-refractivity contribution in [2.75, 3.05) is 33.4 Å². The van der Waals surface area contributed by atoms with E-state index >= 15 is 0 Å². The first-order valence-corrected chi connectivity index (χ1v) is 7.02. The maximum atomic E-state index is 5.76. The van der Waals surface area contributed by atoms with Crippen molar-refractivity contribution < 1.29 is 14.2 Å². The Kier molecular flexibility index (Phi) is 7.15. The maximum Gasteiger partial charge on any atom is 0.0700 e. The van der Waals surface area contributed by atoms with Crippen molar-refractivity contribution in [3.63, 3.8) is 0 Å². The Morgan fingerprint density at radius 1 is 1.44 bits per heavy atom. The molecule has 0 aliphatic carbocycles. The van der Waals surface area contributed by atoms with Gasteiger partial charge in [-0.1, -0.05) is 0 Å². The molecular weight excluding hydrogens is 230 g/mol. The monoisotopic (exact) mass is 259 g/mol. The predicted molar refractivity (Wildman–Crippen MR) is 73.0 cm³/mol. The first-order chi connectivity index (χ1) is 8.53. The van der Waals surface area contributed by atoms with Gasteiger partial charge in [0.15, 0.2) is 0 Å². The van der Waals surface area contributed by atoms with E-state index in [0.29, 0.717) is 6.10 Å². The molecule has 4 nitrogen and oxygen atoms in total. The third-order valence-corrected chi connectivity index (χ3v) is 3.49. The summed E-state index contributed by atoms with van der Waals surface area (Å²) in [7, 11) is 1.74. The molecule has 0 aromatic carbocycles. The lowest BCUT2D eigenvalue weighted by molar-refractivity contribution is -0.0233. The summed E-state index contributed by atoms with van der Waals surface area (Å²) in [5, 5.41) is 3.41. The molecule has 1 N–H and O–H groups in total. The number of ether oxygens (including phenoxy) is 3. The first-order valence-electron chi connectivity index (χ1n) is 7.02. The SMILES string of the molecule is COC(C)(C)CCOC(C)CNCC1CCCO1. The van der Waals surface area contributed by atoms with Gasteiger partial charge in [0.05, 0.1) is 17.8 Å². The molecule has 108 valence electrons. The number of hydrogen-bond acceptors (Lipinski definition) is 4. The Morgan fingerprint density at radius 2 is 2.22 bits per heavy atom. The minimum Gasteiger partial charge on any atom is -0.379 e. The molecule has 0 saturated carbocycles. The summed E-state index contributed by atoms with van der Waals surface area (Å²) < 4.78 is 16.7. The number of hydrogen-bond donors (Lipinski definition) is 1. The first kappa shape index (κ1) is 15.9. The van der Waals surface area contributed by atoms with Crippen LogP contribution in [0.1, 0.15) is 40.0 Å². The van der Waals surface area contributed by atoms with Gasteiger partial charge in [0.1, 0.15) is 0 Å². The highest BCUT2D eigenvalue weighted by atomic mass is 16.5. The van der Waals surface area contributed by atoms with Crippen molar-refractivity contribution in [1.29, 1.82) is 0 Å². The highest BCUT2D eigenvalue weighted by molar-refractivity contribution is 4.69. The second-order valence-corrected chi connectivity index (χ2v) is 5.69. The summed E-state index contributed by atoms with van der Waals surface area (Å²) in [6.07, 6.45) is 3.94. The van der Waals surface area contributed by atoms with Crippen molar-refractivity contribution in [2.45, 2.75) is 57.8 Å². The summed E-state index contributed by atoms with van der Waals surface area (Å²) in [6, 6.07) is 0. The molecule has 2 atom stereocenters. The fourth-order valence-corrected chi connectivity index (χ4v) is 1.92. The normalized spacial score (nSPS) is 22.3. The molecule has 0 spiro atoms. The Morgan fingerprint density at radius 3 is 2.83 bits per heavy atom. The molecule has 0 amide bonds. The number of methoxy groups -OCH3 is 1. The molecule has 0 radical (unpaired) electrons. The lowest BCUT2D eigenvalue weighted by atomic mass is 10.1. The van der Waals surface area contributed by atoms with Gasteiger partial charge < -0.3 is 19.5 Å². The van der Waals surface area contributed by atoms with Crippen LogP contribution in [0.5, 0.6) is 0 Å². The van der Waals surface area contributed by atoms with Crippen LogP contribution in [0, 0.1) is 0 Å². The summed E-state index contributed by atoms with van der Waals surface area (Å²) in [5.74, 6) is 0. The van der Waals surface area contributed by atoms with Crippen molar-refractivity contribution in [3.8, 4) is 0 Å². The average molecular weight is 259 g/mol. The van der Waals surface area contributed by atoms with Gasteiger partial charge >= 0.3 is 0 Å². The van der Waals surface area contributed by atoms with E-state index < -0.39 is 0 Å². The maximum absolute atomic E-state index is 5.76. The summed E-state index contributed by atoms with van der Waals surface area (Å²) in [6.45, 7) is 9.74. The second-order valence-electron chi connectivity index (χ2n) is 5.69. The predicted octanol–water partition coefficient (Wildman–Crippen LogP) is 1.98. The highest BCUT2D eigenvalue weighted by Gasteiger charge is 2.17. The molecule has 2 unspecified atom stereocenters. The lowest BCUT2D eigenvalue weighted by Gasteiger charge is -2.24. The largest absolute Gasteiger partial charge is 0.379 e. The Hall–Kier alpha value is -0.160. The van der Waals surface area contributed by atoms with Crippen molar-refractivity contribution in [2.24, 2.45) is 0 Å². The van der Waals surface area contributed by atoms with Crippen LogP contribution in [0.2, 0.25) is 0 Å². The molecule has 4 heteroatoms. The highest BCUT2D eigenvalue weighted by Crippen LogP contribution is 2.13. The minimum atomic E-state index is -0.0924. The van der Waals surface area contributed by atoms with Crippen molar-refractivity contribution in [3.05, 3.63) is 0 Å². The summed E-state index contributed by atoms with van der Waals surface area (Å²) in [4.78, 5) is 0. The molecular formula is C14H29NO3. The van der Waals surface area contributed by atoms with Crippen LogP contribution in [0.4, 0.5) is 0 Å². The van der Waals surface area contributed by atoms with Crippen LogP contribution in [0.15, 0.2) is 0 Å². The van der Waals surface area contributed by atoms with E-state index in [-0.39, 0.29) is 11.7 Å². The second kappa shape index (κ2) is 8.10. The number of nitrogens with one attached hydrogen (secondary N) is 1. The van der Waals surface area contributed by atoms with Crippen LogP contribution in [0.25, 0.3) is 0 Å². The molecule has 1 fully saturated rings. The molecule has 0 aromatic rings. The average Bonchev–Trinajstić information content (AvgIpc) is 2.82. The third-order valence-electron chi connectivity index (χ3n) is 3.49. The Balaban J connectivity index is 1.98. The van der Waals surface area contributed by atoms with E-state index in [4.69, 9.17) is 14.2 Å². The summed E-state index contributed by atoms with van der Waals surface area (Å²) in [5.41, 5.74) is -0.0924. The van der Waals surface area contributed by atoms with Crippen LogP contribution < -0.4 is 5.32 Å². The summed E-state index contributed by atoms with van der Waals surface area (Å²) >= 11 is 0. The third kappa shape index (κ3) is 6.69. The van der Waals surface area contributed by atoms with E-state index in [2.05, 4.69) is 26.1 Å². The minimum absolute atomic E-state index is 0.0924. The molecule has 18 heavy (non-hydrogen) atoms. The molecule has 1 aliphatic rings. The van der Waals surface area contributed by atoms with E-state index in [1.54, 1.807) is 7.11 Å². The fourth-order valence-electron chi connectivity index (χ4n) is 1.92. The zero-order chi connectivity index (χ0) is 13.4. The van der Waals surface area contributed by atoms with Gasteiger partial charge in [0, 0.05) is 33.4 Å². The fraction of sp³-hybridized carbons (Fsp3) is 1.00. The molecule has 0 aromatic heterocycles. The van der Waals surface area contributed by atoms with E-state index in [1.807, 2.05) is 0 Å². The van der Waals surface area contributed by atoms with E-state index in [1.165, 1.54) is 12.8 Å². The van der Waals surface area contributed by atoms with Gasteiger partial charge in [-0.05, 0) is 40.0 Å². The zero-order valence-electron chi connectivity index (χ0n) is 12.3. The molecule has 1 saturated heterocycles. The van der Waals surface area contributed by atoms with Crippen molar-refractivity contribution >= 4 is 0 Å². The van der Waals surface area contributed by atoms with Crippen LogP contribution in [-0.2, 0) is 14.2 Å². The van der Waals surface area contributed by atoms with Crippen LogP contribution in [0.3, 0.4) is 0 Å². The molecule has 1 rings (SSSR count). The lowest BCUT2D eigenvalue weighted by Crippen LogP contribution is -2.34. The quantitative estimate of drug-likeness (QED) is 0.687.